The Hall–Kier alpha value is -1.42. The highest BCUT2D eigenvalue weighted by atomic mass is 35.5. The molecule has 2 aromatic rings. The Morgan fingerprint density at radius 3 is 2.60 bits per heavy atom. The summed E-state index contributed by atoms with van der Waals surface area (Å²) < 4.78 is 10.8. The lowest BCUT2D eigenvalue weighted by Gasteiger charge is -2.13. The smallest absolute Gasteiger partial charge is 0.129 e. The summed E-state index contributed by atoms with van der Waals surface area (Å²) in [5.41, 5.74) is 1.47. The van der Waals surface area contributed by atoms with Gasteiger partial charge >= 0.3 is 0 Å². The third-order valence-corrected chi connectivity index (χ3v) is 3.72. The third kappa shape index (κ3) is 3.37. The minimum absolute atomic E-state index is 0.109. The van der Waals surface area contributed by atoms with Gasteiger partial charge in [-0.05, 0) is 18.2 Å². The van der Waals surface area contributed by atoms with E-state index in [4.69, 9.17) is 32.7 Å². The first-order chi connectivity index (χ1) is 9.65. The van der Waals surface area contributed by atoms with Crippen LogP contribution in [0, 0.1) is 0 Å². The van der Waals surface area contributed by atoms with E-state index in [9.17, 15) is 5.11 Å². The van der Waals surface area contributed by atoms with E-state index in [2.05, 4.69) is 0 Å². The molecule has 20 heavy (non-hydrogen) atoms. The zero-order valence-corrected chi connectivity index (χ0v) is 12.4. The van der Waals surface area contributed by atoms with Crippen molar-refractivity contribution in [1.29, 1.82) is 0 Å². The van der Waals surface area contributed by atoms with Gasteiger partial charge in [0.05, 0.1) is 23.8 Å². The topological polar surface area (TPSA) is 38.7 Å². The molecule has 0 aliphatic rings. The highest BCUT2D eigenvalue weighted by Gasteiger charge is 2.08. The maximum atomic E-state index is 9.31. The molecule has 1 N–H and O–H groups in total. The molecule has 0 fully saturated rings. The first kappa shape index (κ1) is 15.0. The number of rotatable bonds is 5. The van der Waals surface area contributed by atoms with Crippen molar-refractivity contribution in [3.8, 4) is 11.5 Å². The molecule has 0 spiro atoms. The number of hydrogen-bond acceptors (Lipinski definition) is 3. The molecule has 0 aliphatic carbocycles. The second-order valence-corrected chi connectivity index (χ2v) is 4.92. The normalized spacial score (nSPS) is 10.4. The van der Waals surface area contributed by atoms with Crippen molar-refractivity contribution in [3.05, 3.63) is 57.6 Å². The average Bonchev–Trinajstić information content (AvgIpc) is 2.48. The number of hydrogen-bond donors (Lipinski definition) is 1. The first-order valence-corrected chi connectivity index (χ1v) is 6.74. The summed E-state index contributed by atoms with van der Waals surface area (Å²) in [5.74, 6) is 1.22. The minimum Gasteiger partial charge on any atom is -0.497 e. The molecule has 2 aromatic carbocycles. The standard InChI is InChI=1S/C15H14Cl2O3/c1-19-12-6-5-10(8-18)14(7-12)20-9-11-3-2-4-13(16)15(11)17/h2-7,18H,8-9H2,1H3. The van der Waals surface area contributed by atoms with Crippen LogP contribution in [0.1, 0.15) is 11.1 Å². The van der Waals surface area contributed by atoms with Crippen LogP contribution < -0.4 is 9.47 Å². The molecule has 0 aromatic heterocycles. The van der Waals surface area contributed by atoms with E-state index in [-0.39, 0.29) is 13.2 Å². The van der Waals surface area contributed by atoms with Crippen LogP contribution in [0.15, 0.2) is 36.4 Å². The third-order valence-electron chi connectivity index (χ3n) is 2.86. The summed E-state index contributed by atoms with van der Waals surface area (Å²) in [7, 11) is 1.57. The largest absolute Gasteiger partial charge is 0.497 e. The lowest BCUT2D eigenvalue weighted by Crippen LogP contribution is -2.00. The maximum absolute atomic E-state index is 9.31. The number of halogens is 2. The quantitative estimate of drug-likeness (QED) is 0.904. The number of aliphatic hydroxyl groups is 1. The van der Waals surface area contributed by atoms with Crippen molar-refractivity contribution >= 4 is 23.2 Å². The van der Waals surface area contributed by atoms with E-state index in [0.29, 0.717) is 27.1 Å². The SMILES string of the molecule is COc1ccc(CO)c(OCc2cccc(Cl)c2Cl)c1. The fourth-order valence-corrected chi connectivity index (χ4v) is 2.12. The van der Waals surface area contributed by atoms with Gasteiger partial charge in [-0.25, -0.2) is 0 Å². The van der Waals surface area contributed by atoms with E-state index < -0.39 is 0 Å². The summed E-state index contributed by atoms with van der Waals surface area (Å²) in [5, 5.41) is 10.3. The van der Waals surface area contributed by atoms with Gasteiger partial charge in [-0.3, -0.25) is 0 Å². The lowest BCUT2D eigenvalue weighted by molar-refractivity contribution is 0.258. The van der Waals surface area contributed by atoms with E-state index in [1.54, 1.807) is 31.4 Å². The molecule has 0 amide bonds. The van der Waals surface area contributed by atoms with Crippen molar-refractivity contribution in [2.75, 3.05) is 7.11 Å². The van der Waals surface area contributed by atoms with Crippen molar-refractivity contribution in [2.24, 2.45) is 0 Å². The molecular weight excluding hydrogens is 299 g/mol. The van der Waals surface area contributed by atoms with Gasteiger partial charge in [0.2, 0.25) is 0 Å². The summed E-state index contributed by atoms with van der Waals surface area (Å²) in [6, 6.07) is 10.6. The molecule has 0 radical (unpaired) electrons. The van der Waals surface area contributed by atoms with Gasteiger partial charge in [0.1, 0.15) is 18.1 Å². The van der Waals surface area contributed by atoms with Gasteiger partial charge in [0, 0.05) is 17.2 Å². The van der Waals surface area contributed by atoms with Crippen molar-refractivity contribution in [3.63, 3.8) is 0 Å². The van der Waals surface area contributed by atoms with Gasteiger partial charge in [-0.2, -0.15) is 0 Å². The first-order valence-electron chi connectivity index (χ1n) is 5.99. The molecule has 106 valence electrons. The predicted octanol–water partition coefficient (Wildman–Crippen LogP) is 4.07. The van der Waals surface area contributed by atoms with Crippen LogP contribution in [-0.4, -0.2) is 12.2 Å². The van der Waals surface area contributed by atoms with Crippen LogP contribution in [0.5, 0.6) is 11.5 Å². The van der Waals surface area contributed by atoms with E-state index in [1.165, 1.54) is 0 Å². The fourth-order valence-electron chi connectivity index (χ4n) is 1.74. The number of benzene rings is 2. The Bertz CT molecular complexity index is 600. The second kappa shape index (κ2) is 6.84. The summed E-state index contributed by atoms with van der Waals surface area (Å²) in [6.07, 6.45) is 0. The molecular formula is C15H14Cl2O3. The van der Waals surface area contributed by atoms with Crippen molar-refractivity contribution in [1.82, 2.24) is 0 Å². The molecule has 5 heteroatoms. The van der Waals surface area contributed by atoms with E-state index in [0.717, 1.165) is 5.56 Å². The molecule has 2 rings (SSSR count). The average molecular weight is 313 g/mol. The summed E-state index contributed by atoms with van der Waals surface area (Å²) in [4.78, 5) is 0. The molecule has 3 nitrogen and oxygen atoms in total. The van der Waals surface area contributed by atoms with Crippen molar-refractivity contribution < 1.29 is 14.6 Å². The Morgan fingerprint density at radius 2 is 1.90 bits per heavy atom. The van der Waals surface area contributed by atoms with E-state index in [1.807, 2.05) is 12.1 Å². The summed E-state index contributed by atoms with van der Waals surface area (Å²) >= 11 is 12.1. The lowest BCUT2D eigenvalue weighted by atomic mass is 10.2. The zero-order chi connectivity index (χ0) is 14.5. The van der Waals surface area contributed by atoms with Gasteiger partial charge in [-0.1, -0.05) is 35.3 Å². The second-order valence-electron chi connectivity index (χ2n) is 4.13. The van der Waals surface area contributed by atoms with Gasteiger partial charge in [0.25, 0.3) is 0 Å². The Kier molecular flexibility index (Phi) is 5.12. The number of aliphatic hydroxyl groups excluding tert-OH is 1. The fraction of sp³-hybridized carbons (Fsp3) is 0.200. The molecule has 0 heterocycles. The molecule has 0 bridgehead atoms. The number of ether oxygens (including phenoxy) is 2. The Labute approximate surface area is 127 Å². The highest BCUT2D eigenvalue weighted by molar-refractivity contribution is 6.42. The molecule has 0 saturated heterocycles. The van der Waals surface area contributed by atoms with Crippen LogP contribution in [0.2, 0.25) is 10.0 Å². The van der Waals surface area contributed by atoms with Gasteiger partial charge < -0.3 is 14.6 Å². The maximum Gasteiger partial charge on any atom is 0.129 e. The van der Waals surface area contributed by atoms with E-state index >= 15 is 0 Å². The monoisotopic (exact) mass is 312 g/mol. The molecule has 0 aliphatic heterocycles. The Morgan fingerprint density at radius 1 is 1.10 bits per heavy atom. The molecule has 0 atom stereocenters. The van der Waals surface area contributed by atoms with Crippen LogP contribution in [-0.2, 0) is 13.2 Å². The van der Waals surface area contributed by atoms with Crippen LogP contribution in [0.25, 0.3) is 0 Å². The Balaban J connectivity index is 2.19. The predicted molar refractivity (Wildman–Crippen MR) is 79.7 cm³/mol. The molecule has 0 saturated carbocycles. The number of methoxy groups -OCH3 is 1. The van der Waals surface area contributed by atoms with Crippen LogP contribution in [0.3, 0.4) is 0 Å². The minimum atomic E-state index is -0.109. The van der Waals surface area contributed by atoms with Crippen molar-refractivity contribution in [2.45, 2.75) is 13.2 Å². The van der Waals surface area contributed by atoms with Crippen LogP contribution >= 0.6 is 23.2 Å². The zero-order valence-electron chi connectivity index (χ0n) is 10.9. The molecule has 0 unspecified atom stereocenters. The summed E-state index contributed by atoms with van der Waals surface area (Å²) in [6.45, 7) is 0.155. The van der Waals surface area contributed by atoms with Crippen LogP contribution in [0.4, 0.5) is 0 Å². The highest BCUT2D eigenvalue weighted by Crippen LogP contribution is 2.29. The van der Waals surface area contributed by atoms with Gasteiger partial charge in [-0.15, -0.1) is 0 Å². The van der Waals surface area contributed by atoms with Gasteiger partial charge in [0.15, 0.2) is 0 Å².